The zero-order valence-corrected chi connectivity index (χ0v) is 13.5. The number of benzene rings is 1. The summed E-state index contributed by atoms with van der Waals surface area (Å²) in [5.41, 5.74) is 1.21. The maximum Gasteiger partial charge on any atom is 0.223 e. The van der Waals surface area contributed by atoms with Gasteiger partial charge in [0.05, 0.1) is 12.6 Å². The minimum atomic E-state index is 0.313. The lowest BCUT2D eigenvalue weighted by Gasteiger charge is -2.22. The van der Waals surface area contributed by atoms with Crippen molar-refractivity contribution in [2.24, 2.45) is 0 Å². The van der Waals surface area contributed by atoms with Crippen molar-refractivity contribution in [3.63, 3.8) is 0 Å². The Morgan fingerprint density at radius 2 is 2.17 bits per heavy atom. The fourth-order valence-corrected chi connectivity index (χ4v) is 2.79. The molecule has 0 N–H and O–H groups in total. The van der Waals surface area contributed by atoms with E-state index in [2.05, 4.69) is 39.3 Å². The Morgan fingerprint density at radius 3 is 2.87 bits per heavy atom. The van der Waals surface area contributed by atoms with Crippen molar-refractivity contribution in [1.29, 1.82) is 0 Å². The van der Waals surface area contributed by atoms with E-state index in [-0.39, 0.29) is 0 Å². The molecular formula is C18H23N3O2. The van der Waals surface area contributed by atoms with E-state index < -0.39 is 0 Å². The molecule has 1 aliphatic heterocycles. The van der Waals surface area contributed by atoms with Crippen molar-refractivity contribution in [3.05, 3.63) is 53.7 Å². The molecule has 0 aliphatic carbocycles. The van der Waals surface area contributed by atoms with Crippen LogP contribution in [0.25, 0.3) is 6.08 Å². The second-order valence-corrected chi connectivity index (χ2v) is 5.87. The van der Waals surface area contributed by atoms with Gasteiger partial charge in [-0.1, -0.05) is 47.6 Å². The molecule has 2 aromatic rings. The van der Waals surface area contributed by atoms with Crippen LogP contribution in [0.5, 0.6) is 0 Å². The van der Waals surface area contributed by atoms with Gasteiger partial charge >= 0.3 is 0 Å². The van der Waals surface area contributed by atoms with Crippen LogP contribution in [0.1, 0.15) is 30.1 Å². The largest absolute Gasteiger partial charge is 0.377 e. The summed E-state index contributed by atoms with van der Waals surface area (Å²) in [6, 6.07) is 10.3. The number of hydrogen-bond donors (Lipinski definition) is 0. The van der Waals surface area contributed by atoms with Crippen molar-refractivity contribution in [2.45, 2.75) is 32.4 Å². The standard InChI is InChI=1S/C18H23N3O2/c1-15-19-18(20-23-15)14-21(13-17-10-6-12-22-17)11-5-9-16-7-3-2-4-8-16/h2-5,7-9,17H,6,10-14H2,1H3/b9-5+. The number of rotatable bonds is 7. The maximum atomic E-state index is 5.76. The molecule has 0 saturated carbocycles. The highest BCUT2D eigenvalue weighted by molar-refractivity contribution is 5.48. The third-order valence-corrected chi connectivity index (χ3v) is 3.89. The Kier molecular flexibility index (Phi) is 5.56. The molecular weight excluding hydrogens is 290 g/mol. The van der Waals surface area contributed by atoms with Crippen molar-refractivity contribution in [1.82, 2.24) is 15.0 Å². The molecule has 0 spiro atoms. The fraction of sp³-hybridized carbons (Fsp3) is 0.444. The molecule has 1 atom stereocenters. The summed E-state index contributed by atoms with van der Waals surface area (Å²) >= 11 is 0. The van der Waals surface area contributed by atoms with Crippen LogP contribution in [-0.4, -0.2) is 40.8 Å². The molecule has 1 aliphatic rings. The van der Waals surface area contributed by atoms with Gasteiger partial charge in [0.2, 0.25) is 5.89 Å². The molecule has 1 saturated heterocycles. The van der Waals surface area contributed by atoms with E-state index in [1.807, 2.05) is 25.1 Å². The Hall–Kier alpha value is -1.98. The molecule has 5 nitrogen and oxygen atoms in total. The number of nitrogens with zero attached hydrogens (tertiary/aromatic N) is 3. The van der Waals surface area contributed by atoms with Crippen LogP contribution in [0.3, 0.4) is 0 Å². The molecule has 0 amide bonds. The zero-order chi connectivity index (χ0) is 15.9. The average Bonchev–Trinajstić information content (AvgIpc) is 3.20. The van der Waals surface area contributed by atoms with Crippen LogP contribution in [0, 0.1) is 6.92 Å². The first-order valence-electron chi connectivity index (χ1n) is 8.14. The van der Waals surface area contributed by atoms with Gasteiger partial charge < -0.3 is 9.26 Å². The second-order valence-electron chi connectivity index (χ2n) is 5.87. The first-order chi connectivity index (χ1) is 11.3. The number of aryl methyl sites for hydroxylation is 1. The zero-order valence-electron chi connectivity index (χ0n) is 13.5. The van der Waals surface area contributed by atoms with Crippen molar-refractivity contribution in [2.75, 3.05) is 19.7 Å². The van der Waals surface area contributed by atoms with Crippen LogP contribution in [0.15, 0.2) is 40.9 Å². The van der Waals surface area contributed by atoms with E-state index in [0.29, 0.717) is 18.5 Å². The maximum absolute atomic E-state index is 5.76. The van der Waals surface area contributed by atoms with Gasteiger partial charge in [0, 0.05) is 26.6 Å². The minimum Gasteiger partial charge on any atom is -0.377 e. The van der Waals surface area contributed by atoms with Crippen LogP contribution >= 0.6 is 0 Å². The van der Waals surface area contributed by atoms with E-state index in [1.165, 1.54) is 5.56 Å². The Balaban J connectivity index is 1.60. The molecule has 1 fully saturated rings. The van der Waals surface area contributed by atoms with Gasteiger partial charge in [0.15, 0.2) is 5.82 Å². The quantitative estimate of drug-likeness (QED) is 0.786. The average molecular weight is 313 g/mol. The predicted molar refractivity (Wildman–Crippen MR) is 88.8 cm³/mol. The summed E-state index contributed by atoms with van der Waals surface area (Å²) in [6.07, 6.45) is 6.92. The van der Waals surface area contributed by atoms with Gasteiger partial charge in [-0.3, -0.25) is 4.90 Å². The van der Waals surface area contributed by atoms with Crippen LogP contribution in [0.2, 0.25) is 0 Å². The number of ether oxygens (including phenoxy) is 1. The highest BCUT2D eigenvalue weighted by atomic mass is 16.5. The van der Waals surface area contributed by atoms with Gasteiger partial charge in [-0.25, -0.2) is 0 Å². The van der Waals surface area contributed by atoms with E-state index in [4.69, 9.17) is 9.26 Å². The summed E-state index contributed by atoms with van der Waals surface area (Å²) in [5.74, 6) is 1.34. The van der Waals surface area contributed by atoms with E-state index >= 15 is 0 Å². The lowest BCUT2D eigenvalue weighted by molar-refractivity contribution is 0.0736. The van der Waals surface area contributed by atoms with E-state index in [0.717, 1.165) is 38.4 Å². The van der Waals surface area contributed by atoms with Crippen LogP contribution in [-0.2, 0) is 11.3 Å². The number of aromatic nitrogens is 2. The van der Waals surface area contributed by atoms with Crippen molar-refractivity contribution in [3.8, 4) is 0 Å². The lowest BCUT2D eigenvalue weighted by atomic mass is 10.2. The molecule has 23 heavy (non-hydrogen) atoms. The second kappa shape index (κ2) is 8.04. The molecule has 0 radical (unpaired) electrons. The summed E-state index contributed by atoms with van der Waals surface area (Å²) in [7, 11) is 0. The molecule has 1 aromatic carbocycles. The smallest absolute Gasteiger partial charge is 0.223 e. The molecule has 2 heterocycles. The Labute approximate surface area is 137 Å². The van der Waals surface area contributed by atoms with Gasteiger partial charge in [-0.15, -0.1) is 0 Å². The summed E-state index contributed by atoms with van der Waals surface area (Å²) in [5, 5.41) is 4.00. The topological polar surface area (TPSA) is 51.4 Å². The number of hydrogen-bond acceptors (Lipinski definition) is 5. The fourth-order valence-electron chi connectivity index (χ4n) is 2.79. The minimum absolute atomic E-state index is 0.313. The summed E-state index contributed by atoms with van der Waals surface area (Å²) < 4.78 is 10.8. The molecule has 122 valence electrons. The first kappa shape index (κ1) is 15.9. The van der Waals surface area contributed by atoms with Gasteiger partial charge in [0.25, 0.3) is 0 Å². The molecule has 0 bridgehead atoms. The lowest BCUT2D eigenvalue weighted by Crippen LogP contribution is -2.32. The summed E-state index contributed by atoms with van der Waals surface area (Å²) in [4.78, 5) is 6.61. The van der Waals surface area contributed by atoms with Crippen molar-refractivity contribution < 1.29 is 9.26 Å². The van der Waals surface area contributed by atoms with Gasteiger partial charge in [-0.05, 0) is 18.4 Å². The third kappa shape index (κ3) is 5.01. The third-order valence-electron chi connectivity index (χ3n) is 3.89. The molecule has 3 rings (SSSR count). The molecule has 5 heteroatoms. The molecule has 1 aromatic heterocycles. The highest BCUT2D eigenvalue weighted by Crippen LogP contribution is 2.15. The first-order valence-corrected chi connectivity index (χ1v) is 8.14. The van der Waals surface area contributed by atoms with E-state index in [1.54, 1.807) is 0 Å². The predicted octanol–water partition coefficient (Wildman–Crippen LogP) is 3.07. The van der Waals surface area contributed by atoms with E-state index in [9.17, 15) is 0 Å². The Bertz CT molecular complexity index is 618. The van der Waals surface area contributed by atoms with Crippen LogP contribution in [0.4, 0.5) is 0 Å². The highest BCUT2D eigenvalue weighted by Gasteiger charge is 2.20. The summed E-state index contributed by atoms with van der Waals surface area (Å²) in [6.45, 7) is 5.10. The Morgan fingerprint density at radius 1 is 1.30 bits per heavy atom. The van der Waals surface area contributed by atoms with Crippen LogP contribution < -0.4 is 0 Å². The van der Waals surface area contributed by atoms with Gasteiger partial charge in [-0.2, -0.15) is 4.98 Å². The SMILES string of the molecule is Cc1nc(CN(C/C=C/c2ccccc2)CC2CCCO2)no1. The van der Waals surface area contributed by atoms with Crippen molar-refractivity contribution >= 4 is 6.08 Å². The monoisotopic (exact) mass is 313 g/mol. The molecule has 1 unspecified atom stereocenters. The normalized spacial score (nSPS) is 18.3. The van der Waals surface area contributed by atoms with Gasteiger partial charge in [0.1, 0.15) is 0 Å².